The molecule has 1 aromatic carbocycles. The number of hydrogen-bond donors (Lipinski definition) is 2. The minimum atomic E-state index is -0.467. The van der Waals surface area contributed by atoms with Crippen LogP contribution < -0.4 is 11.1 Å². The molecular weight excluding hydrogens is 260 g/mol. The van der Waals surface area contributed by atoms with E-state index in [1.165, 1.54) is 5.56 Å². The molecule has 2 atom stereocenters. The van der Waals surface area contributed by atoms with Gasteiger partial charge < -0.3 is 11.1 Å². The molecule has 0 heterocycles. The number of carbonyl (C=O) groups is 1. The van der Waals surface area contributed by atoms with E-state index in [1.54, 1.807) is 6.92 Å². The zero-order chi connectivity index (χ0) is 13.8. The standard InChI is InChI=1S/C15H24N2O.ClH/c1-5-13(17-14(18)11(2)16)15(3,4)12-9-7-6-8-10-12;/h6-11,13H,5,16H2,1-4H3,(H,17,18);1H/t11-,13?;/m1./s1. The average Bonchev–Trinajstić information content (AvgIpc) is 2.36. The maximum atomic E-state index is 11.8. The minimum Gasteiger partial charge on any atom is -0.351 e. The highest BCUT2D eigenvalue weighted by Crippen LogP contribution is 2.28. The van der Waals surface area contributed by atoms with Gasteiger partial charge in [0.25, 0.3) is 0 Å². The summed E-state index contributed by atoms with van der Waals surface area (Å²) < 4.78 is 0. The van der Waals surface area contributed by atoms with Crippen LogP contribution in [-0.4, -0.2) is 18.0 Å². The van der Waals surface area contributed by atoms with Crippen LogP contribution in [0, 0.1) is 0 Å². The molecule has 0 bridgehead atoms. The first-order valence-corrected chi connectivity index (χ1v) is 6.51. The summed E-state index contributed by atoms with van der Waals surface area (Å²) in [5.74, 6) is -0.0918. The number of nitrogens with one attached hydrogen (secondary N) is 1. The van der Waals surface area contributed by atoms with Crippen molar-refractivity contribution in [1.82, 2.24) is 5.32 Å². The first kappa shape index (κ1) is 17.9. The molecule has 0 aliphatic rings. The zero-order valence-electron chi connectivity index (χ0n) is 12.1. The Balaban J connectivity index is 0.00000324. The van der Waals surface area contributed by atoms with Crippen molar-refractivity contribution in [2.45, 2.75) is 51.6 Å². The first-order chi connectivity index (χ1) is 8.39. The summed E-state index contributed by atoms with van der Waals surface area (Å²) in [6.07, 6.45) is 0.875. The van der Waals surface area contributed by atoms with Crippen molar-refractivity contribution >= 4 is 18.3 Å². The van der Waals surface area contributed by atoms with E-state index in [0.717, 1.165) is 6.42 Å². The fourth-order valence-electron chi connectivity index (χ4n) is 2.16. The summed E-state index contributed by atoms with van der Waals surface area (Å²) in [5, 5.41) is 3.04. The Morgan fingerprint density at radius 2 is 1.84 bits per heavy atom. The number of halogens is 1. The van der Waals surface area contributed by atoms with Crippen LogP contribution in [0.2, 0.25) is 0 Å². The fraction of sp³-hybridized carbons (Fsp3) is 0.533. The molecular formula is C15H25ClN2O. The Morgan fingerprint density at radius 1 is 1.32 bits per heavy atom. The molecule has 1 aromatic rings. The molecule has 0 saturated heterocycles. The van der Waals surface area contributed by atoms with Crippen LogP contribution in [0.5, 0.6) is 0 Å². The minimum absolute atomic E-state index is 0. The molecule has 0 aromatic heterocycles. The molecule has 19 heavy (non-hydrogen) atoms. The molecule has 1 rings (SSSR count). The fourth-order valence-corrected chi connectivity index (χ4v) is 2.16. The van der Waals surface area contributed by atoms with Crippen LogP contribution in [-0.2, 0) is 10.2 Å². The lowest BCUT2D eigenvalue weighted by Gasteiger charge is -2.35. The van der Waals surface area contributed by atoms with Gasteiger partial charge in [0.05, 0.1) is 6.04 Å². The van der Waals surface area contributed by atoms with Crippen LogP contribution in [0.4, 0.5) is 0 Å². The van der Waals surface area contributed by atoms with Crippen molar-refractivity contribution < 1.29 is 4.79 Å². The van der Waals surface area contributed by atoms with Gasteiger partial charge in [0.15, 0.2) is 0 Å². The highest BCUT2D eigenvalue weighted by atomic mass is 35.5. The third-order valence-corrected chi connectivity index (χ3v) is 3.53. The van der Waals surface area contributed by atoms with Gasteiger partial charge in [-0.05, 0) is 18.9 Å². The molecule has 108 valence electrons. The van der Waals surface area contributed by atoms with Gasteiger partial charge in [0.1, 0.15) is 0 Å². The smallest absolute Gasteiger partial charge is 0.236 e. The molecule has 3 nitrogen and oxygen atoms in total. The van der Waals surface area contributed by atoms with Gasteiger partial charge in [0, 0.05) is 11.5 Å². The van der Waals surface area contributed by atoms with Gasteiger partial charge >= 0.3 is 0 Å². The number of amides is 1. The van der Waals surface area contributed by atoms with Crippen LogP contribution in [0.3, 0.4) is 0 Å². The van der Waals surface area contributed by atoms with Crippen molar-refractivity contribution in [1.29, 1.82) is 0 Å². The van der Waals surface area contributed by atoms with Gasteiger partial charge in [-0.1, -0.05) is 51.1 Å². The van der Waals surface area contributed by atoms with E-state index in [2.05, 4.69) is 38.2 Å². The van der Waals surface area contributed by atoms with Gasteiger partial charge in [0.2, 0.25) is 5.91 Å². The summed E-state index contributed by atoms with van der Waals surface area (Å²) in [6.45, 7) is 8.09. The van der Waals surface area contributed by atoms with E-state index in [-0.39, 0.29) is 29.8 Å². The Labute approximate surface area is 122 Å². The van der Waals surface area contributed by atoms with Gasteiger partial charge in [-0.2, -0.15) is 0 Å². The van der Waals surface area contributed by atoms with E-state index in [4.69, 9.17) is 5.73 Å². The number of benzene rings is 1. The summed E-state index contributed by atoms with van der Waals surface area (Å²) >= 11 is 0. The van der Waals surface area contributed by atoms with E-state index in [9.17, 15) is 4.79 Å². The highest BCUT2D eigenvalue weighted by Gasteiger charge is 2.31. The Bertz CT molecular complexity index is 390. The Hall–Kier alpha value is -1.06. The summed E-state index contributed by atoms with van der Waals surface area (Å²) in [5.41, 5.74) is 6.72. The predicted molar refractivity (Wildman–Crippen MR) is 82.6 cm³/mol. The molecule has 0 aliphatic carbocycles. The van der Waals surface area contributed by atoms with E-state index in [0.29, 0.717) is 0 Å². The SMILES string of the molecule is CCC(NC(=O)[C@@H](C)N)C(C)(C)c1ccccc1.Cl. The number of carbonyl (C=O) groups excluding carboxylic acids is 1. The van der Waals surface area contributed by atoms with E-state index in [1.807, 2.05) is 18.2 Å². The van der Waals surface area contributed by atoms with Gasteiger partial charge in [-0.25, -0.2) is 0 Å². The van der Waals surface area contributed by atoms with Gasteiger partial charge in [-0.3, -0.25) is 4.79 Å². The molecule has 0 fully saturated rings. The van der Waals surface area contributed by atoms with Gasteiger partial charge in [-0.15, -0.1) is 12.4 Å². The molecule has 1 amide bonds. The third-order valence-electron chi connectivity index (χ3n) is 3.53. The van der Waals surface area contributed by atoms with Crippen LogP contribution in [0.1, 0.15) is 39.7 Å². The second-order valence-electron chi connectivity index (χ2n) is 5.35. The maximum absolute atomic E-state index is 11.8. The quantitative estimate of drug-likeness (QED) is 0.873. The maximum Gasteiger partial charge on any atom is 0.236 e. The number of nitrogens with two attached hydrogens (primary N) is 1. The number of hydrogen-bond acceptors (Lipinski definition) is 2. The van der Waals surface area contributed by atoms with Crippen molar-refractivity contribution in [3.05, 3.63) is 35.9 Å². The summed E-state index contributed by atoms with van der Waals surface area (Å²) in [7, 11) is 0. The highest BCUT2D eigenvalue weighted by molar-refractivity contribution is 5.85. The number of rotatable bonds is 5. The van der Waals surface area contributed by atoms with Crippen LogP contribution in [0.15, 0.2) is 30.3 Å². The lowest BCUT2D eigenvalue weighted by molar-refractivity contribution is -0.123. The van der Waals surface area contributed by atoms with Crippen LogP contribution >= 0.6 is 12.4 Å². The zero-order valence-corrected chi connectivity index (χ0v) is 13.0. The first-order valence-electron chi connectivity index (χ1n) is 6.51. The normalized spacial score (nSPS) is 14.2. The van der Waals surface area contributed by atoms with E-state index >= 15 is 0 Å². The second kappa shape index (κ2) is 7.51. The molecule has 0 spiro atoms. The van der Waals surface area contributed by atoms with Crippen molar-refractivity contribution in [2.24, 2.45) is 5.73 Å². The molecule has 4 heteroatoms. The van der Waals surface area contributed by atoms with Crippen molar-refractivity contribution in [3.63, 3.8) is 0 Å². The predicted octanol–water partition coefficient (Wildman–Crippen LogP) is 2.63. The monoisotopic (exact) mass is 284 g/mol. The van der Waals surface area contributed by atoms with Crippen molar-refractivity contribution in [3.8, 4) is 0 Å². The largest absolute Gasteiger partial charge is 0.351 e. The molecule has 3 N–H and O–H groups in total. The Morgan fingerprint density at radius 3 is 2.26 bits per heavy atom. The average molecular weight is 285 g/mol. The van der Waals surface area contributed by atoms with Crippen molar-refractivity contribution in [2.75, 3.05) is 0 Å². The molecule has 1 unspecified atom stereocenters. The lowest BCUT2D eigenvalue weighted by atomic mass is 9.76. The third kappa shape index (κ3) is 4.51. The second-order valence-corrected chi connectivity index (χ2v) is 5.35. The molecule has 0 radical (unpaired) electrons. The topological polar surface area (TPSA) is 55.1 Å². The summed E-state index contributed by atoms with van der Waals surface area (Å²) in [6, 6.07) is 9.86. The summed E-state index contributed by atoms with van der Waals surface area (Å²) in [4.78, 5) is 11.8. The lowest BCUT2D eigenvalue weighted by Crippen LogP contribution is -2.51. The Kier molecular flexibility index (Phi) is 7.09. The molecule has 0 aliphatic heterocycles. The van der Waals surface area contributed by atoms with E-state index < -0.39 is 6.04 Å². The molecule has 0 saturated carbocycles. The van der Waals surface area contributed by atoms with Crippen LogP contribution in [0.25, 0.3) is 0 Å².